The van der Waals surface area contributed by atoms with E-state index in [9.17, 15) is 4.79 Å². The minimum Gasteiger partial charge on any atom is -0.331 e. The van der Waals surface area contributed by atoms with E-state index in [2.05, 4.69) is 15.6 Å². The van der Waals surface area contributed by atoms with Crippen LogP contribution in [0.5, 0.6) is 0 Å². The number of aromatic nitrogens is 1. The Hall–Kier alpha value is -1.88. The van der Waals surface area contributed by atoms with Gasteiger partial charge in [0.2, 0.25) is 0 Å². The van der Waals surface area contributed by atoms with Gasteiger partial charge in [0, 0.05) is 11.1 Å². The highest BCUT2D eigenvalue weighted by Crippen LogP contribution is 2.18. The number of thiophene rings is 1. The summed E-state index contributed by atoms with van der Waals surface area (Å²) in [5.74, 6) is 0. The van der Waals surface area contributed by atoms with Crippen molar-refractivity contribution in [1.82, 2.24) is 10.3 Å². The van der Waals surface area contributed by atoms with Gasteiger partial charge in [-0.15, -0.1) is 11.3 Å². The molecule has 0 aliphatic carbocycles. The molecular weight excluding hydrogens is 234 g/mol. The van der Waals surface area contributed by atoms with Crippen LogP contribution in [-0.4, -0.2) is 11.0 Å². The first-order valence-corrected chi connectivity index (χ1v) is 6.14. The number of urea groups is 1. The number of hydrogen-bond donors (Lipinski definition) is 2. The number of amides is 2. The summed E-state index contributed by atoms with van der Waals surface area (Å²) >= 11 is 1.62. The highest BCUT2D eigenvalue weighted by Gasteiger charge is 2.09. The van der Waals surface area contributed by atoms with Crippen LogP contribution in [-0.2, 0) is 0 Å². The van der Waals surface area contributed by atoms with E-state index >= 15 is 0 Å². The Balaban J connectivity index is 1.90. The third kappa shape index (κ3) is 3.29. The quantitative estimate of drug-likeness (QED) is 0.876. The predicted molar refractivity (Wildman–Crippen MR) is 69.1 cm³/mol. The van der Waals surface area contributed by atoms with E-state index < -0.39 is 0 Å². The Morgan fingerprint density at radius 1 is 1.41 bits per heavy atom. The molecule has 2 amide bonds. The first-order valence-electron chi connectivity index (χ1n) is 5.26. The zero-order valence-corrected chi connectivity index (χ0v) is 10.2. The van der Waals surface area contributed by atoms with Gasteiger partial charge in [-0.25, -0.2) is 4.79 Å². The molecule has 2 aromatic heterocycles. The third-order valence-corrected chi connectivity index (χ3v) is 3.29. The zero-order valence-electron chi connectivity index (χ0n) is 9.38. The Labute approximate surface area is 104 Å². The van der Waals surface area contributed by atoms with Gasteiger partial charge in [0.1, 0.15) is 0 Å². The van der Waals surface area contributed by atoms with Crippen LogP contribution in [0.3, 0.4) is 0 Å². The van der Waals surface area contributed by atoms with Crippen molar-refractivity contribution in [3.05, 3.63) is 46.9 Å². The molecule has 2 rings (SSSR count). The molecule has 0 aromatic carbocycles. The second-order valence-corrected chi connectivity index (χ2v) is 4.56. The van der Waals surface area contributed by atoms with Crippen molar-refractivity contribution in [3.8, 4) is 0 Å². The SMILES string of the molecule is C[C@@H](NC(=O)Nc1cccnc1)c1cccs1. The maximum absolute atomic E-state index is 11.7. The molecule has 0 spiro atoms. The molecule has 0 saturated heterocycles. The van der Waals surface area contributed by atoms with Crippen molar-refractivity contribution in [3.63, 3.8) is 0 Å². The minimum atomic E-state index is -0.223. The van der Waals surface area contributed by atoms with Crippen molar-refractivity contribution in [1.29, 1.82) is 0 Å². The number of carbonyl (C=O) groups is 1. The molecule has 5 heteroatoms. The molecule has 0 aliphatic heterocycles. The number of pyridine rings is 1. The Morgan fingerprint density at radius 2 is 2.29 bits per heavy atom. The molecular formula is C12H13N3OS. The number of nitrogens with zero attached hydrogens (tertiary/aromatic N) is 1. The van der Waals surface area contributed by atoms with Crippen LogP contribution < -0.4 is 10.6 Å². The summed E-state index contributed by atoms with van der Waals surface area (Å²) in [6, 6.07) is 7.32. The van der Waals surface area contributed by atoms with Crippen LogP contribution in [0.15, 0.2) is 42.0 Å². The largest absolute Gasteiger partial charge is 0.331 e. The smallest absolute Gasteiger partial charge is 0.319 e. The van der Waals surface area contributed by atoms with E-state index in [1.165, 1.54) is 0 Å². The van der Waals surface area contributed by atoms with Gasteiger partial charge < -0.3 is 10.6 Å². The van der Waals surface area contributed by atoms with E-state index in [0.29, 0.717) is 5.69 Å². The average molecular weight is 247 g/mol. The molecule has 0 aliphatic rings. The molecule has 2 heterocycles. The summed E-state index contributed by atoms with van der Waals surface area (Å²) < 4.78 is 0. The monoisotopic (exact) mass is 247 g/mol. The molecule has 0 bridgehead atoms. The molecule has 0 fully saturated rings. The topological polar surface area (TPSA) is 54.0 Å². The summed E-state index contributed by atoms with van der Waals surface area (Å²) in [4.78, 5) is 16.7. The van der Waals surface area contributed by atoms with Crippen LogP contribution in [0.1, 0.15) is 17.8 Å². The molecule has 2 N–H and O–H groups in total. The lowest BCUT2D eigenvalue weighted by atomic mass is 10.3. The first kappa shape index (κ1) is 11.6. The van der Waals surface area contributed by atoms with E-state index in [-0.39, 0.29) is 12.1 Å². The Kier molecular flexibility index (Phi) is 3.72. The van der Waals surface area contributed by atoms with Gasteiger partial charge in [-0.05, 0) is 30.5 Å². The summed E-state index contributed by atoms with van der Waals surface area (Å²) in [5, 5.41) is 7.58. The number of anilines is 1. The van der Waals surface area contributed by atoms with E-state index in [0.717, 1.165) is 4.88 Å². The van der Waals surface area contributed by atoms with E-state index in [4.69, 9.17) is 0 Å². The molecule has 4 nitrogen and oxygen atoms in total. The predicted octanol–water partition coefficient (Wildman–Crippen LogP) is 3.03. The average Bonchev–Trinajstić information content (AvgIpc) is 2.83. The number of hydrogen-bond acceptors (Lipinski definition) is 3. The molecule has 17 heavy (non-hydrogen) atoms. The van der Waals surface area contributed by atoms with E-state index in [1.807, 2.05) is 24.4 Å². The van der Waals surface area contributed by atoms with Crippen LogP contribution in [0.4, 0.5) is 10.5 Å². The maximum atomic E-state index is 11.7. The molecule has 0 unspecified atom stereocenters. The highest BCUT2D eigenvalue weighted by atomic mass is 32.1. The van der Waals surface area contributed by atoms with Crippen LogP contribution in [0, 0.1) is 0 Å². The van der Waals surface area contributed by atoms with Gasteiger partial charge in [-0.3, -0.25) is 4.98 Å². The summed E-state index contributed by atoms with van der Waals surface area (Å²) in [7, 11) is 0. The standard InChI is InChI=1S/C12H13N3OS/c1-9(11-5-3-7-17-11)14-12(16)15-10-4-2-6-13-8-10/h2-9H,1H3,(H2,14,15,16)/t9-/m1/s1. The number of carbonyl (C=O) groups excluding carboxylic acids is 1. The van der Waals surface area contributed by atoms with Crippen LogP contribution in [0.2, 0.25) is 0 Å². The number of rotatable bonds is 3. The van der Waals surface area contributed by atoms with Crippen LogP contribution >= 0.6 is 11.3 Å². The molecule has 0 radical (unpaired) electrons. The zero-order chi connectivity index (χ0) is 12.1. The normalized spacial score (nSPS) is 11.8. The first-order chi connectivity index (χ1) is 8.25. The van der Waals surface area contributed by atoms with Gasteiger partial charge in [0.05, 0.1) is 17.9 Å². The van der Waals surface area contributed by atoms with E-state index in [1.54, 1.807) is 35.9 Å². The van der Waals surface area contributed by atoms with Crippen molar-refractivity contribution in [2.45, 2.75) is 13.0 Å². The van der Waals surface area contributed by atoms with Gasteiger partial charge in [0.25, 0.3) is 0 Å². The van der Waals surface area contributed by atoms with Crippen molar-refractivity contribution >= 4 is 23.1 Å². The lowest BCUT2D eigenvalue weighted by Crippen LogP contribution is -2.30. The fraction of sp³-hybridized carbons (Fsp3) is 0.167. The molecule has 0 saturated carbocycles. The second-order valence-electron chi connectivity index (χ2n) is 3.58. The second kappa shape index (κ2) is 5.45. The minimum absolute atomic E-state index is 0.00618. The highest BCUT2D eigenvalue weighted by molar-refractivity contribution is 7.10. The lowest BCUT2D eigenvalue weighted by Gasteiger charge is -2.12. The van der Waals surface area contributed by atoms with Gasteiger partial charge >= 0.3 is 6.03 Å². The van der Waals surface area contributed by atoms with Crippen molar-refractivity contribution in [2.75, 3.05) is 5.32 Å². The van der Waals surface area contributed by atoms with Gasteiger partial charge in [-0.1, -0.05) is 6.07 Å². The molecule has 1 atom stereocenters. The van der Waals surface area contributed by atoms with Crippen molar-refractivity contribution in [2.24, 2.45) is 0 Å². The summed E-state index contributed by atoms with van der Waals surface area (Å²) in [6.07, 6.45) is 3.27. The third-order valence-electron chi connectivity index (χ3n) is 2.24. The van der Waals surface area contributed by atoms with Gasteiger partial charge in [-0.2, -0.15) is 0 Å². The summed E-state index contributed by atoms with van der Waals surface area (Å²) in [5.41, 5.74) is 0.684. The Bertz CT molecular complexity index is 470. The van der Waals surface area contributed by atoms with Crippen LogP contribution in [0.25, 0.3) is 0 Å². The molecule has 2 aromatic rings. The van der Waals surface area contributed by atoms with Crippen molar-refractivity contribution < 1.29 is 4.79 Å². The van der Waals surface area contributed by atoms with Gasteiger partial charge in [0.15, 0.2) is 0 Å². The fourth-order valence-electron chi connectivity index (χ4n) is 1.41. The Morgan fingerprint density at radius 3 is 2.94 bits per heavy atom. The molecule has 88 valence electrons. The number of nitrogens with one attached hydrogen (secondary N) is 2. The lowest BCUT2D eigenvalue weighted by molar-refractivity contribution is 0.249. The fourth-order valence-corrected chi connectivity index (χ4v) is 2.14. The summed E-state index contributed by atoms with van der Waals surface area (Å²) in [6.45, 7) is 1.95. The maximum Gasteiger partial charge on any atom is 0.319 e.